The van der Waals surface area contributed by atoms with Crippen molar-refractivity contribution in [3.8, 4) is 0 Å². The quantitative estimate of drug-likeness (QED) is 0.0169. The van der Waals surface area contributed by atoms with Gasteiger partial charge in [0.2, 0.25) is 0 Å². The molecule has 14 fully saturated rings. The Hall–Kier alpha value is -3.94. The molecular weight excluding hydrogens is 1800 g/mol. The molecule has 0 radical (unpaired) electrons. The average Bonchev–Trinajstić information content (AvgIpc) is 0.716. The Morgan fingerprint density at radius 2 is 0.607 bits per heavy atom. The molecule has 0 spiro atoms. The van der Waals surface area contributed by atoms with E-state index in [1.165, 1.54) is 83.1 Å². The maximum absolute atomic E-state index is 14.3. The van der Waals surface area contributed by atoms with Crippen LogP contribution in [-0.4, -0.2) is 210 Å². The summed E-state index contributed by atoms with van der Waals surface area (Å²) >= 11 is 0. The van der Waals surface area contributed by atoms with Crippen LogP contribution in [0.4, 0.5) is 65.9 Å². The molecule has 0 aromatic rings. The van der Waals surface area contributed by atoms with E-state index in [-0.39, 0.29) is 35.3 Å². The van der Waals surface area contributed by atoms with Crippen molar-refractivity contribution < 1.29 is 158 Å². The third kappa shape index (κ3) is 19.2. The number of fused-ring (bicyclic) bond motifs is 4. The van der Waals surface area contributed by atoms with E-state index in [0.717, 1.165) is 58.3 Å². The number of alkyl halides is 15. The Morgan fingerprint density at radius 1 is 0.326 bits per heavy atom. The second kappa shape index (κ2) is 35.8. The van der Waals surface area contributed by atoms with Crippen LogP contribution in [0.5, 0.6) is 0 Å². The van der Waals surface area contributed by atoms with E-state index in [0.29, 0.717) is 187 Å². The summed E-state index contributed by atoms with van der Waals surface area (Å²) in [6.45, 7) is 39.1. The van der Waals surface area contributed by atoms with Crippen LogP contribution < -0.4 is 0 Å². The maximum atomic E-state index is 14.3. The fourth-order valence-electron chi connectivity index (χ4n) is 27.9. The molecule has 19 atom stereocenters. The number of hydrogen-bond acceptors (Lipinski definition) is 19. The zero-order chi connectivity index (χ0) is 102. The standard InChI is InChI=1S/C36H57F3O6.C33H50F6O6.C32H48F6O7/c1-24(2)26(40)43-33-20-25-18-31(22-33,34(14-10-11-15-34)44-28(5,6)27(3,4)41)21-32(19-25,23-33)35(16-12-13-17-35)45-29(7,8)30(9,42)36(37,38)39;1-19(2)25(40)43-22-18-20-17-21(22)24(31(15-11-12-16-31)45-27(5,6)29(8,42)33(37,38)39)23(20)30(13-9-10-14-30)44-26(3,4)28(7,41)32(34,35)36;1-18(2)24(39)43-20-17-19-21(29(13-9-10-14-29)44-25(3,4)27(7,40)31(33,34)35)22(23(20)42-19)30(15-11-12-16-30)45-26(5,6)28(8,41)32(36,37)38/h25,41-42H,1,10-23H2,2-9H3;20-24,41-42H,1,9-18H2,2-8H3;19-23,40-41H,1,9-17H2,2-8H3. The number of hydrogen-bond donors (Lipinski definition) is 6. The monoisotopic (exact) mass is 1960 g/mol. The van der Waals surface area contributed by atoms with Crippen LogP contribution in [0.3, 0.4) is 0 Å². The smallest absolute Gasteiger partial charge is 0.419 e. The topological polar surface area (TPSA) is 265 Å². The van der Waals surface area contributed by atoms with Gasteiger partial charge in [0.25, 0.3) is 0 Å². The molecule has 0 aromatic carbocycles. The van der Waals surface area contributed by atoms with Gasteiger partial charge >= 0.3 is 48.8 Å². The third-order valence-corrected chi connectivity index (χ3v) is 37.0. The van der Waals surface area contributed by atoms with Gasteiger partial charge in [-0.25, -0.2) is 14.4 Å². The highest BCUT2D eigenvalue weighted by Gasteiger charge is 2.80. The summed E-state index contributed by atoms with van der Waals surface area (Å²) in [6, 6.07) is 0. The molecule has 14 rings (SSSR count). The molecule has 135 heavy (non-hydrogen) atoms. The number of carbonyl (C=O) groups is 3. The van der Waals surface area contributed by atoms with Crippen LogP contribution in [0.1, 0.15) is 364 Å². The first kappa shape index (κ1) is 111. The molecule has 2 saturated heterocycles. The van der Waals surface area contributed by atoms with Gasteiger partial charge in [0, 0.05) is 57.6 Å². The van der Waals surface area contributed by atoms with E-state index < -0.39 is 214 Å². The van der Waals surface area contributed by atoms with Crippen LogP contribution in [-0.2, 0) is 61.8 Å². The first-order valence-corrected chi connectivity index (χ1v) is 49.0. The largest absolute Gasteiger partial charge is 0.459 e. The molecule has 12 aliphatic carbocycles. The summed E-state index contributed by atoms with van der Waals surface area (Å²) in [7, 11) is 0. The highest BCUT2D eigenvalue weighted by molar-refractivity contribution is 5.88. The van der Waals surface area contributed by atoms with E-state index in [1.807, 2.05) is 13.8 Å². The normalized spacial score (nSPS) is 33.8. The number of esters is 3. The van der Waals surface area contributed by atoms with Crippen molar-refractivity contribution in [2.45, 2.75) is 526 Å². The van der Waals surface area contributed by atoms with Crippen LogP contribution in [0.2, 0.25) is 0 Å². The summed E-state index contributed by atoms with van der Waals surface area (Å²) in [6.07, 6.45) is -8.40. The van der Waals surface area contributed by atoms with Crippen LogP contribution in [0.25, 0.3) is 0 Å². The molecule has 34 heteroatoms. The lowest BCUT2D eigenvalue weighted by atomic mass is 9.36. The number of rotatable bonds is 30. The van der Waals surface area contributed by atoms with Crippen molar-refractivity contribution in [2.24, 2.45) is 52.3 Å². The fourth-order valence-corrected chi connectivity index (χ4v) is 27.9. The highest BCUT2D eigenvalue weighted by Crippen LogP contribution is 2.78. The summed E-state index contributed by atoms with van der Waals surface area (Å²) in [5, 5.41) is 65.4. The predicted molar refractivity (Wildman–Crippen MR) is 470 cm³/mol. The van der Waals surface area contributed by atoms with Gasteiger partial charge in [-0.05, 0) is 298 Å². The van der Waals surface area contributed by atoms with Gasteiger partial charge in [0.05, 0.1) is 50.9 Å². The second-order valence-electron chi connectivity index (χ2n) is 48.3. The lowest BCUT2D eigenvalue weighted by Crippen LogP contribution is -2.74. The van der Waals surface area contributed by atoms with Gasteiger partial charge in [0.1, 0.15) is 51.9 Å². The van der Waals surface area contributed by atoms with Gasteiger partial charge in [-0.15, -0.1) is 0 Å². The Balaban J connectivity index is 0.000000195. The molecule has 12 saturated carbocycles. The number of ether oxygens (including phenoxy) is 10. The van der Waals surface area contributed by atoms with Crippen molar-refractivity contribution in [2.75, 3.05) is 0 Å². The maximum Gasteiger partial charge on any atom is 0.419 e. The zero-order valence-electron chi connectivity index (χ0n) is 83.5. The van der Waals surface area contributed by atoms with Crippen molar-refractivity contribution in [1.29, 1.82) is 0 Å². The van der Waals surface area contributed by atoms with Crippen molar-refractivity contribution in [3.05, 3.63) is 36.5 Å². The molecule has 19 nitrogen and oxygen atoms in total. The zero-order valence-corrected chi connectivity index (χ0v) is 83.5. The van der Waals surface area contributed by atoms with E-state index in [1.54, 1.807) is 20.8 Å². The summed E-state index contributed by atoms with van der Waals surface area (Å²) in [4.78, 5) is 38.6. The van der Waals surface area contributed by atoms with Gasteiger partial charge in [0.15, 0.2) is 28.0 Å². The van der Waals surface area contributed by atoms with E-state index in [4.69, 9.17) is 47.4 Å². The molecule has 0 amide bonds. The van der Waals surface area contributed by atoms with Crippen LogP contribution in [0.15, 0.2) is 36.5 Å². The number of aliphatic hydroxyl groups is 6. The Kier molecular flexibility index (Phi) is 29.5. The van der Waals surface area contributed by atoms with Crippen molar-refractivity contribution >= 4 is 17.9 Å². The molecular formula is C101H155F15O19. The molecule has 2 aliphatic heterocycles. The van der Waals surface area contributed by atoms with Crippen molar-refractivity contribution in [1.82, 2.24) is 0 Å². The minimum atomic E-state index is -5.04. The minimum Gasteiger partial charge on any atom is -0.459 e. The molecule has 19 unspecified atom stereocenters. The Bertz CT molecular complexity index is 4120. The number of halogens is 15. The van der Waals surface area contributed by atoms with Crippen LogP contribution >= 0.6 is 0 Å². The second-order valence-corrected chi connectivity index (χ2v) is 48.3. The molecule has 0 aromatic heterocycles. The minimum absolute atomic E-state index is 0.145. The first-order chi connectivity index (χ1) is 60.8. The third-order valence-electron chi connectivity index (χ3n) is 37.0. The highest BCUT2D eigenvalue weighted by atomic mass is 19.4. The summed E-state index contributed by atoms with van der Waals surface area (Å²) in [5.41, 5.74) is -36.1. The molecule has 8 bridgehead atoms. The van der Waals surface area contributed by atoms with Gasteiger partial charge in [-0.2, -0.15) is 65.9 Å². The molecule has 6 N–H and O–H groups in total. The predicted octanol–water partition coefficient (Wildman–Crippen LogP) is 22.4. The Labute approximate surface area is 787 Å². The SMILES string of the molecule is C=C(C)C(=O)OC12CC3CC(C4(OC(C)(C)C(C)(C)O)CCCC4)(C1)CC(C1(OC(C)(C)C(C)(O)C(F)(F)F)CCCC1)(C3)C2.C=C(C)C(=O)OC1CC2CC1C(C1(OC(C)(C)C(C)(O)C(F)(F)F)CCCC1)C2C1(OC(C)(C)C(C)(O)C(F)(F)F)CCCC1.C=C(C)C(=O)OC1CC2OC1C(C1(OC(C)(C)C(C)(O)C(F)(F)F)CCCC1)C2C1(OC(C)(C)C(C)(O)C(F)(F)F)CCCC1. The Morgan fingerprint density at radius 3 is 0.919 bits per heavy atom. The van der Waals surface area contributed by atoms with Gasteiger partial charge in [-0.1, -0.05) is 96.8 Å². The lowest BCUT2D eigenvalue weighted by molar-refractivity contribution is -0.365. The molecule has 14 aliphatic rings. The lowest BCUT2D eigenvalue weighted by Gasteiger charge is -2.73. The van der Waals surface area contributed by atoms with E-state index in [2.05, 4.69) is 19.7 Å². The summed E-state index contributed by atoms with van der Waals surface area (Å²) < 4.78 is 278. The first-order valence-electron chi connectivity index (χ1n) is 49.0. The van der Waals surface area contributed by atoms with Gasteiger partial charge in [-0.3, -0.25) is 0 Å². The van der Waals surface area contributed by atoms with Crippen LogP contribution in [0, 0.1) is 52.3 Å². The molecule has 2 heterocycles. The van der Waals surface area contributed by atoms with Crippen molar-refractivity contribution in [3.63, 3.8) is 0 Å². The van der Waals surface area contributed by atoms with E-state index in [9.17, 15) is 111 Å². The van der Waals surface area contributed by atoms with E-state index >= 15 is 0 Å². The fraction of sp³-hybridized carbons (Fsp3) is 0.911. The summed E-state index contributed by atoms with van der Waals surface area (Å²) in [5.74, 6) is -4.50. The number of carbonyl (C=O) groups excluding carboxylic acids is 3. The van der Waals surface area contributed by atoms with Gasteiger partial charge < -0.3 is 78.0 Å². The molecule has 778 valence electrons. The average molecular weight is 1960 g/mol.